The van der Waals surface area contributed by atoms with Crippen LogP contribution in [0.2, 0.25) is 0 Å². The van der Waals surface area contributed by atoms with Gasteiger partial charge in [-0.05, 0) is 45.0 Å². The standard InChI is InChI=1S/C15H22FN3O/c1-17-9-5-8-14(20)18-15-12(16)6-4-7-13(15)19-10-2-3-11-19/h4,6-7,17H,2-3,5,8-11H2,1H3,(H,18,20). The van der Waals surface area contributed by atoms with E-state index in [9.17, 15) is 9.18 Å². The third kappa shape index (κ3) is 3.70. The van der Waals surface area contributed by atoms with E-state index in [4.69, 9.17) is 0 Å². The Morgan fingerprint density at radius 3 is 2.80 bits per heavy atom. The number of nitrogens with one attached hydrogen (secondary N) is 2. The number of carbonyl (C=O) groups is 1. The van der Waals surface area contributed by atoms with Gasteiger partial charge in [0.25, 0.3) is 0 Å². The third-order valence-corrected chi connectivity index (χ3v) is 3.53. The predicted octanol–water partition coefficient (Wildman–Crippen LogP) is 2.36. The van der Waals surface area contributed by atoms with Crippen LogP contribution in [0.5, 0.6) is 0 Å². The van der Waals surface area contributed by atoms with Crippen LogP contribution in [0, 0.1) is 5.82 Å². The molecule has 110 valence electrons. The van der Waals surface area contributed by atoms with Gasteiger partial charge in [0.05, 0.1) is 5.69 Å². The Morgan fingerprint density at radius 1 is 1.35 bits per heavy atom. The summed E-state index contributed by atoms with van der Waals surface area (Å²) in [4.78, 5) is 14.0. The molecule has 2 rings (SSSR count). The maximum atomic E-state index is 14.0. The maximum absolute atomic E-state index is 14.0. The van der Waals surface area contributed by atoms with Crippen molar-refractivity contribution in [1.82, 2.24) is 5.32 Å². The Labute approximate surface area is 119 Å². The summed E-state index contributed by atoms with van der Waals surface area (Å²) in [5.41, 5.74) is 1.12. The van der Waals surface area contributed by atoms with Gasteiger partial charge in [-0.25, -0.2) is 4.39 Å². The summed E-state index contributed by atoms with van der Waals surface area (Å²) in [5, 5.41) is 5.72. The average Bonchev–Trinajstić information content (AvgIpc) is 2.95. The van der Waals surface area contributed by atoms with Crippen molar-refractivity contribution in [1.29, 1.82) is 0 Å². The maximum Gasteiger partial charge on any atom is 0.224 e. The molecule has 0 bridgehead atoms. The second-order valence-corrected chi connectivity index (χ2v) is 5.08. The van der Waals surface area contributed by atoms with E-state index in [0.29, 0.717) is 12.1 Å². The normalized spacial score (nSPS) is 14.6. The van der Waals surface area contributed by atoms with E-state index in [2.05, 4.69) is 15.5 Å². The Morgan fingerprint density at radius 2 is 2.10 bits per heavy atom. The van der Waals surface area contributed by atoms with Crippen LogP contribution in [-0.4, -0.2) is 32.6 Å². The highest BCUT2D eigenvalue weighted by atomic mass is 19.1. The summed E-state index contributed by atoms with van der Waals surface area (Å²) in [6.45, 7) is 2.63. The molecule has 1 aliphatic rings. The minimum atomic E-state index is -0.364. The van der Waals surface area contributed by atoms with Crippen molar-refractivity contribution in [2.24, 2.45) is 0 Å². The number of carbonyl (C=O) groups excluding carboxylic acids is 1. The molecule has 2 N–H and O–H groups in total. The zero-order valence-corrected chi connectivity index (χ0v) is 11.9. The average molecular weight is 279 g/mol. The number of anilines is 2. The predicted molar refractivity (Wildman–Crippen MR) is 79.6 cm³/mol. The smallest absolute Gasteiger partial charge is 0.224 e. The van der Waals surface area contributed by atoms with Gasteiger partial charge in [0.1, 0.15) is 11.5 Å². The fourth-order valence-corrected chi connectivity index (χ4v) is 2.49. The van der Waals surface area contributed by atoms with E-state index in [0.717, 1.165) is 44.6 Å². The molecule has 20 heavy (non-hydrogen) atoms. The zero-order chi connectivity index (χ0) is 14.4. The first kappa shape index (κ1) is 14.8. The molecule has 5 heteroatoms. The summed E-state index contributed by atoms with van der Waals surface area (Å²) >= 11 is 0. The highest BCUT2D eigenvalue weighted by Gasteiger charge is 2.19. The van der Waals surface area contributed by atoms with Crippen molar-refractivity contribution in [3.63, 3.8) is 0 Å². The largest absolute Gasteiger partial charge is 0.370 e. The first-order chi connectivity index (χ1) is 9.72. The van der Waals surface area contributed by atoms with Crippen LogP contribution in [0.25, 0.3) is 0 Å². The Bertz CT molecular complexity index is 458. The Balaban J connectivity index is 2.07. The van der Waals surface area contributed by atoms with E-state index in [1.165, 1.54) is 6.07 Å². The van der Waals surface area contributed by atoms with E-state index in [1.54, 1.807) is 6.07 Å². The molecule has 1 aliphatic heterocycles. The van der Waals surface area contributed by atoms with Crippen LogP contribution in [0.15, 0.2) is 18.2 Å². The molecule has 0 aliphatic carbocycles. The number of halogens is 1. The van der Waals surface area contributed by atoms with E-state index in [-0.39, 0.29) is 11.7 Å². The number of benzene rings is 1. The van der Waals surface area contributed by atoms with Crippen molar-refractivity contribution in [3.8, 4) is 0 Å². The van der Waals surface area contributed by atoms with Crippen LogP contribution >= 0.6 is 0 Å². The van der Waals surface area contributed by atoms with Gasteiger partial charge in [0.2, 0.25) is 5.91 Å². The molecule has 1 amide bonds. The van der Waals surface area contributed by atoms with Gasteiger partial charge in [-0.15, -0.1) is 0 Å². The summed E-state index contributed by atoms with van der Waals surface area (Å²) in [6, 6.07) is 4.96. The van der Waals surface area contributed by atoms with Crippen LogP contribution < -0.4 is 15.5 Å². The minimum Gasteiger partial charge on any atom is -0.370 e. The molecule has 0 saturated carbocycles. The summed E-state index contributed by atoms with van der Waals surface area (Å²) in [6.07, 6.45) is 3.38. The number of hydrogen-bond donors (Lipinski definition) is 2. The molecule has 0 unspecified atom stereocenters. The van der Waals surface area contributed by atoms with Crippen LogP contribution in [-0.2, 0) is 4.79 Å². The molecular formula is C15H22FN3O. The summed E-state index contributed by atoms with van der Waals surface area (Å²) in [5.74, 6) is -0.498. The fraction of sp³-hybridized carbons (Fsp3) is 0.533. The van der Waals surface area contributed by atoms with Crippen molar-refractivity contribution < 1.29 is 9.18 Å². The molecule has 1 aromatic carbocycles. The first-order valence-corrected chi connectivity index (χ1v) is 7.20. The van der Waals surface area contributed by atoms with Gasteiger partial charge < -0.3 is 15.5 Å². The van der Waals surface area contributed by atoms with E-state index in [1.807, 2.05) is 13.1 Å². The highest BCUT2D eigenvalue weighted by molar-refractivity contribution is 5.94. The molecule has 1 fully saturated rings. The van der Waals surface area contributed by atoms with Gasteiger partial charge in [-0.2, -0.15) is 0 Å². The number of nitrogens with zero attached hydrogens (tertiary/aromatic N) is 1. The lowest BCUT2D eigenvalue weighted by Crippen LogP contribution is -2.22. The molecule has 0 spiro atoms. The fourth-order valence-electron chi connectivity index (χ4n) is 2.49. The molecule has 0 aromatic heterocycles. The van der Waals surface area contributed by atoms with Crippen molar-refractivity contribution in [3.05, 3.63) is 24.0 Å². The SMILES string of the molecule is CNCCCC(=O)Nc1c(F)cccc1N1CCCC1. The van der Waals surface area contributed by atoms with Crippen LogP contribution in [0.3, 0.4) is 0 Å². The number of amides is 1. The highest BCUT2D eigenvalue weighted by Crippen LogP contribution is 2.31. The van der Waals surface area contributed by atoms with E-state index >= 15 is 0 Å². The first-order valence-electron chi connectivity index (χ1n) is 7.20. The van der Waals surface area contributed by atoms with Gasteiger partial charge in [0.15, 0.2) is 0 Å². The van der Waals surface area contributed by atoms with Crippen molar-refractivity contribution in [2.45, 2.75) is 25.7 Å². The second kappa shape index (κ2) is 7.24. The zero-order valence-electron chi connectivity index (χ0n) is 11.9. The number of para-hydroxylation sites is 1. The molecule has 0 radical (unpaired) electrons. The quantitative estimate of drug-likeness (QED) is 0.786. The van der Waals surface area contributed by atoms with Gasteiger partial charge >= 0.3 is 0 Å². The summed E-state index contributed by atoms with van der Waals surface area (Å²) < 4.78 is 14.0. The molecule has 1 saturated heterocycles. The van der Waals surface area contributed by atoms with E-state index < -0.39 is 0 Å². The minimum absolute atomic E-state index is 0.134. The molecule has 1 heterocycles. The van der Waals surface area contributed by atoms with Crippen LogP contribution in [0.4, 0.5) is 15.8 Å². The molecule has 4 nitrogen and oxygen atoms in total. The molecule has 1 aromatic rings. The lowest BCUT2D eigenvalue weighted by molar-refractivity contribution is -0.116. The lowest BCUT2D eigenvalue weighted by Gasteiger charge is -2.22. The topological polar surface area (TPSA) is 44.4 Å². The number of rotatable bonds is 6. The monoisotopic (exact) mass is 279 g/mol. The number of hydrogen-bond acceptors (Lipinski definition) is 3. The van der Waals surface area contributed by atoms with Gasteiger partial charge in [-0.1, -0.05) is 6.07 Å². The summed E-state index contributed by atoms with van der Waals surface area (Å²) in [7, 11) is 1.85. The second-order valence-electron chi connectivity index (χ2n) is 5.08. The third-order valence-electron chi connectivity index (χ3n) is 3.53. The molecular weight excluding hydrogens is 257 g/mol. The van der Waals surface area contributed by atoms with Crippen molar-refractivity contribution in [2.75, 3.05) is 36.9 Å². The van der Waals surface area contributed by atoms with Gasteiger partial charge in [0, 0.05) is 19.5 Å². The lowest BCUT2D eigenvalue weighted by atomic mass is 10.2. The Kier molecular flexibility index (Phi) is 5.35. The van der Waals surface area contributed by atoms with Crippen molar-refractivity contribution >= 4 is 17.3 Å². The van der Waals surface area contributed by atoms with Gasteiger partial charge in [-0.3, -0.25) is 4.79 Å². The molecule has 0 atom stereocenters. The van der Waals surface area contributed by atoms with Crippen LogP contribution in [0.1, 0.15) is 25.7 Å². The Hall–Kier alpha value is -1.62.